The van der Waals surface area contributed by atoms with Gasteiger partial charge in [0.15, 0.2) is 35.3 Å². The molecule has 0 amide bonds. The van der Waals surface area contributed by atoms with Gasteiger partial charge in [0, 0.05) is 27.0 Å². The van der Waals surface area contributed by atoms with Gasteiger partial charge in [0.2, 0.25) is 11.9 Å². The Morgan fingerprint density at radius 2 is 1.20 bits per heavy atom. The van der Waals surface area contributed by atoms with Crippen molar-refractivity contribution >= 4 is 23.3 Å². The van der Waals surface area contributed by atoms with Crippen LogP contribution in [0.3, 0.4) is 0 Å². The molecule has 0 aliphatic carbocycles. The van der Waals surface area contributed by atoms with Crippen molar-refractivity contribution in [3.63, 3.8) is 0 Å². The molecule has 0 radical (unpaired) electrons. The first kappa shape index (κ1) is 44.3. The van der Waals surface area contributed by atoms with Crippen molar-refractivity contribution in [2.75, 3.05) is 6.61 Å². The summed E-state index contributed by atoms with van der Waals surface area (Å²) in [6.07, 6.45) is -11.9. The predicted octanol–water partition coefficient (Wildman–Crippen LogP) is 2.30. The highest BCUT2D eigenvalue weighted by Crippen LogP contribution is 2.45. The monoisotopic (exact) mass is 721 g/mol. The third-order valence-corrected chi connectivity index (χ3v) is 9.20. The van der Waals surface area contributed by atoms with Gasteiger partial charge in [-0.2, -0.15) is 0 Å². The molecular formula is C36H64O14. The van der Waals surface area contributed by atoms with Gasteiger partial charge in [0.25, 0.3) is 0 Å². The molecule has 14 nitrogen and oxygen atoms in total. The summed E-state index contributed by atoms with van der Waals surface area (Å²) in [5.74, 6) is -4.61. The average molecular weight is 722 g/mol. The summed E-state index contributed by atoms with van der Waals surface area (Å²) in [6.45, 7) is 6.51. The minimum absolute atomic E-state index is 0.0126. The van der Waals surface area contributed by atoms with Crippen LogP contribution >= 0.6 is 0 Å². The van der Waals surface area contributed by atoms with Crippen molar-refractivity contribution in [1.82, 2.24) is 0 Å². The van der Waals surface area contributed by atoms with Crippen LogP contribution in [0.5, 0.6) is 0 Å². The molecule has 1 rings (SSSR count). The Bertz CT molecular complexity index is 1060. The first-order valence-electron chi connectivity index (χ1n) is 19.0. The molecule has 1 aliphatic rings. The van der Waals surface area contributed by atoms with Crippen LogP contribution in [0.25, 0.3) is 0 Å². The molecular weight excluding hydrogens is 656 g/mol. The van der Waals surface area contributed by atoms with E-state index in [1.807, 2.05) is 27.7 Å². The number of unbranched alkanes of at least 4 members (excludes halogenated alkanes) is 9. The Kier molecular flexibility index (Phi) is 20.9. The van der Waals surface area contributed by atoms with Gasteiger partial charge in [0.1, 0.15) is 24.4 Å². The summed E-state index contributed by atoms with van der Waals surface area (Å²) >= 11 is 0. The van der Waals surface area contributed by atoms with E-state index in [2.05, 4.69) is 0 Å². The highest BCUT2D eigenvalue weighted by molar-refractivity contribution is 6.01. The van der Waals surface area contributed by atoms with Crippen molar-refractivity contribution in [3.05, 3.63) is 0 Å². The summed E-state index contributed by atoms with van der Waals surface area (Å²) < 4.78 is 25.2. The number of carbonyl (C=O) groups is 4. The van der Waals surface area contributed by atoms with E-state index >= 15 is 0 Å². The Labute approximate surface area is 297 Å². The first-order chi connectivity index (χ1) is 24.1. The van der Waals surface area contributed by atoms with E-state index < -0.39 is 103 Å². The number of ether oxygens (including phenoxy) is 3. The topological polar surface area (TPSA) is 238 Å². The fraction of sp³-hybridized carbons (Fsp3) is 0.889. The molecule has 0 spiro atoms. The molecule has 1 fully saturated rings. The molecule has 1 heterocycles. The van der Waals surface area contributed by atoms with Crippen LogP contribution in [0.15, 0.2) is 0 Å². The summed E-state index contributed by atoms with van der Waals surface area (Å²) in [4.78, 5) is 55.1. The lowest BCUT2D eigenvalue weighted by Gasteiger charge is -2.55. The van der Waals surface area contributed by atoms with Crippen LogP contribution in [0.4, 0.5) is 0 Å². The maximum atomic E-state index is 14.3. The Morgan fingerprint density at radius 3 is 1.72 bits per heavy atom. The second-order valence-corrected chi connectivity index (χ2v) is 13.3. The number of hydrogen-bond donors (Lipinski definition) is 7. The lowest BCUT2D eigenvalue weighted by molar-refractivity contribution is -0.377. The van der Waals surface area contributed by atoms with E-state index in [4.69, 9.17) is 15.6 Å². The quantitative estimate of drug-likeness (QED) is 0.0349. The summed E-state index contributed by atoms with van der Waals surface area (Å²) in [5, 5.41) is 76.9. The molecule has 0 aromatic heterocycles. The highest BCUT2D eigenvalue weighted by Gasteiger charge is 2.74. The third-order valence-electron chi connectivity index (χ3n) is 9.20. The maximum absolute atomic E-state index is 14.3. The number of esters is 1. The van der Waals surface area contributed by atoms with E-state index in [0.29, 0.717) is 57.8 Å². The molecule has 7 N–H and O–H groups in total. The van der Waals surface area contributed by atoms with E-state index in [9.17, 15) is 54.9 Å². The second-order valence-electron chi connectivity index (χ2n) is 13.3. The normalized spacial score (nSPS) is 27.1. The highest BCUT2D eigenvalue weighted by atomic mass is 16.8. The molecule has 292 valence electrons. The zero-order valence-electron chi connectivity index (χ0n) is 31.3. The smallest absolute Gasteiger partial charge is 0.306 e. The second kappa shape index (κ2) is 23.6. The summed E-state index contributed by atoms with van der Waals surface area (Å²) in [7, 11) is 0. The summed E-state index contributed by atoms with van der Waals surface area (Å²) in [5.41, 5.74) is -6.89. The molecule has 4 unspecified atom stereocenters. The van der Waals surface area contributed by atoms with Gasteiger partial charge >= 0.3 is 5.97 Å². The molecule has 1 saturated heterocycles. The fourth-order valence-corrected chi connectivity index (χ4v) is 6.03. The molecule has 1 aliphatic heterocycles. The van der Waals surface area contributed by atoms with Crippen molar-refractivity contribution in [2.24, 2.45) is 0 Å². The number of hydrogen-bond acceptors (Lipinski definition) is 14. The number of rotatable bonds is 28. The van der Waals surface area contributed by atoms with E-state index in [1.165, 1.54) is 0 Å². The molecule has 0 aromatic rings. The van der Waals surface area contributed by atoms with Crippen LogP contribution in [0.2, 0.25) is 0 Å². The first-order valence-corrected chi connectivity index (χ1v) is 18.4. The zero-order valence-corrected chi connectivity index (χ0v) is 30.3. The van der Waals surface area contributed by atoms with E-state index in [0.717, 1.165) is 12.8 Å². The zero-order chi connectivity index (χ0) is 38.8. The molecule has 14 heteroatoms. The van der Waals surface area contributed by atoms with Gasteiger partial charge in [-0.05, 0) is 25.7 Å². The number of Topliss-reactive ketones (excluding diaryl/α,β-unsaturated/α-hetero) is 3. The molecule has 0 aromatic carbocycles. The van der Waals surface area contributed by atoms with Crippen LogP contribution in [0, 0.1) is 0 Å². The Morgan fingerprint density at radius 1 is 0.720 bits per heavy atom. The fourth-order valence-electron chi connectivity index (χ4n) is 6.03. The lowest BCUT2D eigenvalue weighted by atomic mass is 9.64. The molecule has 0 bridgehead atoms. The van der Waals surface area contributed by atoms with Crippen LogP contribution in [-0.2, 0) is 33.4 Å². The van der Waals surface area contributed by atoms with Crippen LogP contribution in [-0.4, -0.2) is 120 Å². The summed E-state index contributed by atoms with van der Waals surface area (Å²) in [6, 6.07) is 0. The number of carbonyl (C=O) groups excluding carboxylic acids is 4. The van der Waals surface area contributed by atoms with Crippen LogP contribution in [0.1, 0.15) is 145 Å². The minimum atomic E-state index is -3.47. The number of aliphatic hydroxyl groups is 7. The van der Waals surface area contributed by atoms with Gasteiger partial charge < -0.3 is 50.0 Å². The van der Waals surface area contributed by atoms with E-state index in [1.54, 1.807) is 0 Å². The molecule has 0 saturated carbocycles. The SMILES string of the molecule is [2H]C(CCCCCC)C(=O)O[C@@H]1C(OC(O)[C@@H](O)[C@H](O)CO)O[C@H](C(O)C(=O)CCCCC)[C@](O)(C(=O)CCCCC)[C@@]1(O)C(=O)CCCCC. The standard InChI is InChI=1S/C36H64O14/c1-5-9-13-14-18-22-28(42)48-32-34(50-33(45)30(44)25(39)23-37)49-31(29(43)24(38)19-15-10-6-2)35(46,26(40)20-16-11-7-3)36(32,47)27(41)21-17-12-8-4/h25,29-34,37,39,43-47H,5-23H2,1-4H3/t25-,29?,30+,31-,32-,33?,34?,35-,36-/m1/s1/i22D/t22?,25-,29?,30+,31-,32-,33?,34?,35-,36-. The van der Waals surface area contributed by atoms with Gasteiger partial charge in [-0.15, -0.1) is 0 Å². The number of aliphatic hydroxyl groups excluding tert-OH is 5. The maximum Gasteiger partial charge on any atom is 0.306 e. The number of ketones is 3. The van der Waals surface area contributed by atoms with Gasteiger partial charge in [-0.25, -0.2) is 0 Å². The average Bonchev–Trinajstić information content (AvgIpc) is 3.11. The molecule has 50 heavy (non-hydrogen) atoms. The predicted molar refractivity (Wildman–Crippen MR) is 181 cm³/mol. The third kappa shape index (κ3) is 12.4. The Hall–Kier alpha value is -1.88. The Balaban J connectivity index is 4.00. The largest absolute Gasteiger partial charge is 0.453 e. The lowest BCUT2D eigenvalue weighted by Crippen LogP contribution is -2.82. The van der Waals surface area contributed by atoms with Crippen molar-refractivity contribution in [2.45, 2.75) is 198 Å². The van der Waals surface area contributed by atoms with Crippen LogP contribution < -0.4 is 0 Å². The van der Waals surface area contributed by atoms with Gasteiger partial charge in [-0.1, -0.05) is 91.9 Å². The van der Waals surface area contributed by atoms with E-state index in [-0.39, 0.29) is 25.7 Å². The van der Waals surface area contributed by atoms with Crippen molar-refractivity contribution < 1.29 is 70.5 Å². The minimum Gasteiger partial charge on any atom is -0.453 e. The van der Waals surface area contributed by atoms with Crippen molar-refractivity contribution in [3.8, 4) is 0 Å². The molecule has 10 atom stereocenters. The van der Waals surface area contributed by atoms with Crippen molar-refractivity contribution in [1.29, 1.82) is 0 Å². The van der Waals surface area contributed by atoms with Gasteiger partial charge in [-0.3, -0.25) is 19.2 Å². The van der Waals surface area contributed by atoms with Gasteiger partial charge in [0.05, 0.1) is 6.61 Å².